The first kappa shape index (κ1) is 25.3. The van der Waals surface area contributed by atoms with Crippen molar-refractivity contribution in [3.8, 4) is 0 Å². The molecule has 0 aromatic rings. The van der Waals surface area contributed by atoms with E-state index in [9.17, 15) is 4.79 Å². The average molecular weight is 389 g/mol. The van der Waals surface area contributed by atoms with Crippen molar-refractivity contribution < 1.29 is 9.90 Å². The Bertz CT molecular complexity index is 512. The van der Waals surface area contributed by atoms with E-state index in [-0.39, 0.29) is 5.92 Å². The van der Waals surface area contributed by atoms with Gasteiger partial charge < -0.3 is 5.11 Å². The van der Waals surface area contributed by atoms with Gasteiger partial charge in [0.15, 0.2) is 0 Å². The van der Waals surface area contributed by atoms with Crippen LogP contribution in [0, 0.1) is 5.92 Å². The summed E-state index contributed by atoms with van der Waals surface area (Å²) in [5, 5.41) is 10.6. The predicted octanol–water partition coefficient (Wildman–Crippen LogP) is 7.39. The van der Waals surface area contributed by atoms with E-state index in [0.717, 1.165) is 51.4 Å². The highest BCUT2D eigenvalue weighted by Gasteiger charge is 2.14. The molecular weight excluding hydrogens is 352 g/mol. The van der Waals surface area contributed by atoms with Crippen molar-refractivity contribution in [3.05, 3.63) is 60.8 Å². The van der Waals surface area contributed by atoms with E-state index in [1.807, 2.05) is 0 Å². The minimum absolute atomic E-state index is 0.309. The monoisotopic (exact) mass is 388 g/mol. The molecule has 0 spiro atoms. The molecule has 0 radical (unpaired) electrons. The lowest BCUT2D eigenvalue weighted by Crippen LogP contribution is -2.13. The maximum absolute atomic E-state index is 11.0. The smallest absolute Gasteiger partial charge is 0.306 e. The molecule has 150 valence electrons. The summed E-state index contributed by atoms with van der Waals surface area (Å²) in [4.78, 5) is 11.0. The van der Waals surface area contributed by atoms with E-state index < -0.39 is 5.97 Å². The highest BCUT2D eigenvalue weighted by molar-refractivity contribution is 7.78. The SMILES string of the molecule is CCC=CCC=CCC=CCC=CCC=CCCCCC(CC=S)C(=O)O. The first-order chi connectivity index (χ1) is 13.2. The molecule has 0 aliphatic heterocycles. The number of aliphatic carboxylic acids is 1. The molecule has 0 saturated carbocycles. The quantitative estimate of drug-likeness (QED) is 0.160. The summed E-state index contributed by atoms with van der Waals surface area (Å²) in [6, 6.07) is 0. The zero-order valence-corrected chi connectivity index (χ0v) is 17.6. The zero-order valence-electron chi connectivity index (χ0n) is 16.8. The lowest BCUT2D eigenvalue weighted by Gasteiger charge is -2.08. The molecule has 0 heterocycles. The van der Waals surface area contributed by atoms with Gasteiger partial charge in [-0.15, -0.1) is 0 Å². The van der Waals surface area contributed by atoms with Gasteiger partial charge in [-0.05, 0) is 63.2 Å². The van der Waals surface area contributed by atoms with Crippen molar-refractivity contribution in [2.75, 3.05) is 0 Å². The molecule has 0 saturated heterocycles. The van der Waals surface area contributed by atoms with Gasteiger partial charge in [-0.25, -0.2) is 0 Å². The Kier molecular flexibility index (Phi) is 19.2. The second-order valence-electron chi connectivity index (χ2n) is 6.43. The predicted molar refractivity (Wildman–Crippen MR) is 122 cm³/mol. The van der Waals surface area contributed by atoms with Crippen LogP contribution >= 0.6 is 12.2 Å². The van der Waals surface area contributed by atoms with Crippen LogP contribution in [-0.2, 0) is 4.79 Å². The molecule has 0 rings (SSSR count). The molecule has 3 heteroatoms. The Morgan fingerprint density at radius 1 is 0.815 bits per heavy atom. The molecule has 1 atom stereocenters. The number of carbonyl (C=O) groups is 1. The summed E-state index contributed by atoms with van der Waals surface area (Å²) in [6.45, 7) is 2.15. The van der Waals surface area contributed by atoms with Gasteiger partial charge in [0.1, 0.15) is 0 Å². The summed E-state index contributed by atoms with van der Waals surface area (Å²) in [7, 11) is 0. The number of rotatable bonds is 17. The molecular formula is C24H36O2S. The van der Waals surface area contributed by atoms with Crippen LogP contribution in [0.5, 0.6) is 0 Å². The Labute approximate surface area is 171 Å². The van der Waals surface area contributed by atoms with Crippen molar-refractivity contribution in [1.29, 1.82) is 0 Å². The number of thiocarbonyl (C=S) groups is 1. The van der Waals surface area contributed by atoms with Crippen LogP contribution in [0.4, 0.5) is 0 Å². The lowest BCUT2D eigenvalue weighted by atomic mass is 9.99. The summed E-state index contributed by atoms with van der Waals surface area (Å²) in [6.07, 6.45) is 31.2. The maximum Gasteiger partial charge on any atom is 0.306 e. The van der Waals surface area contributed by atoms with Crippen LogP contribution < -0.4 is 0 Å². The second-order valence-corrected chi connectivity index (χ2v) is 6.76. The van der Waals surface area contributed by atoms with Gasteiger partial charge in [0.2, 0.25) is 0 Å². The number of carboxylic acid groups (broad SMARTS) is 1. The third-order valence-electron chi connectivity index (χ3n) is 4.06. The van der Waals surface area contributed by atoms with E-state index in [4.69, 9.17) is 17.3 Å². The number of hydrogen-bond donors (Lipinski definition) is 1. The van der Waals surface area contributed by atoms with Gasteiger partial charge in [0.25, 0.3) is 0 Å². The van der Waals surface area contributed by atoms with Gasteiger partial charge >= 0.3 is 5.97 Å². The molecule has 0 aromatic heterocycles. The van der Waals surface area contributed by atoms with Gasteiger partial charge in [-0.2, -0.15) is 0 Å². The Balaban J connectivity index is 3.60. The topological polar surface area (TPSA) is 37.3 Å². The lowest BCUT2D eigenvalue weighted by molar-refractivity contribution is -0.141. The highest BCUT2D eigenvalue weighted by Crippen LogP contribution is 2.13. The second kappa shape index (κ2) is 20.6. The zero-order chi connectivity index (χ0) is 20.0. The molecule has 1 N–H and O–H groups in total. The van der Waals surface area contributed by atoms with E-state index >= 15 is 0 Å². The van der Waals surface area contributed by atoms with Crippen LogP contribution in [0.1, 0.15) is 71.1 Å². The Morgan fingerprint density at radius 3 is 1.74 bits per heavy atom. The fourth-order valence-corrected chi connectivity index (χ4v) is 2.71. The minimum Gasteiger partial charge on any atom is -0.481 e. The summed E-state index contributed by atoms with van der Waals surface area (Å²) < 4.78 is 0. The van der Waals surface area contributed by atoms with E-state index in [2.05, 4.69) is 67.7 Å². The highest BCUT2D eigenvalue weighted by atomic mass is 32.1. The van der Waals surface area contributed by atoms with Crippen LogP contribution in [0.2, 0.25) is 0 Å². The van der Waals surface area contributed by atoms with Gasteiger partial charge in [0, 0.05) is 0 Å². The third-order valence-corrected chi connectivity index (χ3v) is 4.25. The summed E-state index contributed by atoms with van der Waals surface area (Å²) in [5.41, 5.74) is 0. The molecule has 2 nitrogen and oxygen atoms in total. The fourth-order valence-electron chi connectivity index (χ4n) is 2.48. The molecule has 27 heavy (non-hydrogen) atoms. The standard InChI is InChI=1S/C24H36O2S/c1-2-3-4-5-6-7-8-9-10-11-12-13-14-15-16-17-18-19-20-23(21-22-27)24(25)26/h3-4,6-7,9-10,12-13,15-16,22-23H,2,5,8,11,14,17-21H2,1H3,(H,25,26). The van der Waals surface area contributed by atoms with Crippen molar-refractivity contribution in [1.82, 2.24) is 0 Å². The van der Waals surface area contributed by atoms with E-state index in [1.165, 1.54) is 5.37 Å². The Hall–Kier alpha value is -1.74. The number of unbranched alkanes of at least 4 members (excludes halogenated alkanes) is 2. The average Bonchev–Trinajstić information content (AvgIpc) is 2.66. The third kappa shape index (κ3) is 18.8. The van der Waals surface area contributed by atoms with Crippen molar-refractivity contribution in [3.63, 3.8) is 0 Å². The van der Waals surface area contributed by atoms with Crippen LogP contribution in [0.3, 0.4) is 0 Å². The molecule has 0 aliphatic rings. The largest absolute Gasteiger partial charge is 0.481 e. The molecule has 0 amide bonds. The van der Waals surface area contributed by atoms with Crippen molar-refractivity contribution >= 4 is 23.6 Å². The normalized spacial score (nSPS) is 13.7. The van der Waals surface area contributed by atoms with Crippen molar-refractivity contribution in [2.24, 2.45) is 5.92 Å². The molecule has 1 unspecified atom stereocenters. The van der Waals surface area contributed by atoms with Crippen LogP contribution in [0.25, 0.3) is 0 Å². The molecule has 0 bridgehead atoms. The Morgan fingerprint density at radius 2 is 1.30 bits per heavy atom. The van der Waals surface area contributed by atoms with E-state index in [0.29, 0.717) is 12.8 Å². The summed E-state index contributed by atoms with van der Waals surface area (Å²) in [5.74, 6) is -1.04. The van der Waals surface area contributed by atoms with E-state index in [1.54, 1.807) is 0 Å². The molecule has 0 aromatic carbocycles. The van der Waals surface area contributed by atoms with Gasteiger partial charge in [-0.3, -0.25) is 4.79 Å². The minimum atomic E-state index is -0.731. The maximum atomic E-state index is 11.0. The molecule has 0 fully saturated rings. The summed E-state index contributed by atoms with van der Waals surface area (Å²) >= 11 is 4.76. The number of hydrogen-bond acceptors (Lipinski definition) is 2. The van der Waals surface area contributed by atoms with Crippen LogP contribution in [0.15, 0.2) is 60.8 Å². The van der Waals surface area contributed by atoms with Gasteiger partial charge in [0.05, 0.1) is 5.92 Å². The number of allylic oxidation sites excluding steroid dienone is 10. The van der Waals surface area contributed by atoms with Crippen LogP contribution in [-0.4, -0.2) is 16.4 Å². The van der Waals surface area contributed by atoms with Crippen molar-refractivity contribution in [2.45, 2.75) is 71.1 Å². The fraction of sp³-hybridized carbons (Fsp3) is 0.500. The first-order valence-corrected chi connectivity index (χ1v) is 10.6. The first-order valence-electron chi connectivity index (χ1n) is 10.1. The van der Waals surface area contributed by atoms with Gasteiger partial charge in [-0.1, -0.05) is 86.3 Å². The number of carboxylic acids is 1. The molecule has 0 aliphatic carbocycles.